The first-order chi connectivity index (χ1) is 23.1. The van der Waals surface area contributed by atoms with Crippen molar-refractivity contribution >= 4 is 29.1 Å². The van der Waals surface area contributed by atoms with Crippen molar-refractivity contribution in [3.05, 3.63) is 118 Å². The van der Waals surface area contributed by atoms with Crippen molar-refractivity contribution in [1.29, 1.82) is 0 Å². The summed E-state index contributed by atoms with van der Waals surface area (Å²) in [6, 6.07) is 26.9. The van der Waals surface area contributed by atoms with E-state index in [4.69, 9.17) is 18.8 Å². The number of aliphatic imine (C=N–C) groups is 2. The van der Waals surface area contributed by atoms with Gasteiger partial charge >= 0.3 is 0 Å². The molecule has 4 aromatic carbocycles. The van der Waals surface area contributed by atoms with Crippen molar-refractivity contribution in [3.63, 3.8) is 0 Å². The Kier molecular flexibility index (Phi) is 11.6. The van der Waals surface area contributed by atoms with Crippen molar-refractivity contribution in [2.24, 2.45) is 9.98 Å². The van der Waals surface area contributed by atoms with Gasteiger partial charge < -0.3 is 19.1 Å². The maximum absolute atomic E-state index is 11.6. The van der Waals surface area contributed by atoms with Crippen LogP contribution in [0.25, 0.3) is 0 Å². The van der Waals surface area contributed by atoms with Crippen molar-refractivity contribution in [2.75, 3.05) is 0 Å². The number of aromatic hydroxyl groups is 2. The number of rotatable bonds is 11. The zero-order valence-corrected chi connectivity index (χ0v) is 34.0. The highest BCUT2D eigenvalue weighted by molar-refractivity contribution is 6.70. The summed E-state index contributed by atoms with van der Waals surface area (Å²) in [4.78, 5) is 10.4. The standard InChI is InChI=1S/C42H56N2O4Si2/c1-41(2,3)35-25-33(47-49(7,8)9)23-31(39(35)45)27-43-37(29-19-15-13-16-20-29)38(30-21-17-14-18-22-30)44-28-32-24-34(48-50(10,11)12)26-36(40(32)46)42(4,5)6/h13-28,37-38,45-46H,1-12H3. The quantitative estimate of drug-likeness (QED) is 0.120. The van der Waals surface area contributed by atoms with Gasteiger partial charge in [0.15, 0.2) is 0 Å². The summed E-state index contributed by atoms with van der Waals surface area (Å²) in [5, 5.41) is 23.1. The van der Waals surface area contributed by atoms with Crippen LogP contribution in [-0.4, -0.2) is 39.3 Å². The Morgan fingerprint density at radius 3 is 1.14 bits per heavy atom. The molecule has 0 saturated heterocycles. The normalized spacial score (nSPS) is 14.2. The van der Waals surface area contributed by atoms with E-state index in [2.05, 4.69) is 105 Å². The van der Waals surface area contributed by atoms with Crippen LogP contribution in [0.15, 0.2) is 94.9 Å². The minimum Gasteiger partial charge on any atom is -0.544 e. The van der Waals surface area contributed by atoms with Gasteiger partial charge in [0.2, 0.25) is 16.6 Å². The summed E-state index contributed by atoms with van der Waals surface area (Å²) in [6.07, 6.45) is 3.50. The largest absolute Gasteiger partial charge is 0.544 e. The molecule has 0 bridgehead atoms. The average molecular weight is 709 g/mol. The molecule has 0 radical (unpaired) electrons. The monoisotopic (exact) mass is 708 g/mol. The minimum absolute atomic E-state index is 0.189. The van der Waals surface area contributed by atoms with Gasteiger partial charge in [-0.1, -0.05) is 102 Å². The van der Waals surface area contributed by atoms with E-state index < -0.39 is 28.7 Å². The number of hydrogen-bond acceptors (Lipinski definition) is 6. The van der Waals surface area contributed by atoms with Crippen LogP contribution >= 0.6 is 0 Å². The van der Waals surface area contributed by atoms with E-state index in [0.717, 1.165) is 33.8 Å². The molecule has 2 N–H and O–H groups in total. The highest BCUT2D eigenvalue weighted by atomic mass is 28.4. The Hall–Kier alpha value is -4.15. The second kappa shape index (κ2) is 15.0. The van der Waals surface area contributed by atoms with Gasteiger partial charge in [-0.3, -0.25) is 9.98 Å². The van der Waals surface area contributed by atoms with Gasteiger partial charge in [0.05, 0.1) is 0 Å². The van der Waals surface area contributed by atoms with Gasteiger partial charge in [0.1, 0.15) is 35.1 Å². The first-order valence-corrected chi connectivity index (χ1v) is 24.2. The van der Waals surface area contributed by atoms with Crippen LogP contribution in [0.2, 0.25) is 39.3 Å². The molecule has 2 unspecified atom stereocenters. The lowest BCUT2D eigenvalue weighted by Crippen LogP contribution is -2.29. The van der Waals surface area contributed by atoms with Crippen molar-refractivity contribution < 1.29 is 19.1 Å². The zero-order valence-electron chi connectivity index (χ0n) is 32.0. The molecule has 0 saturated carbocycles. The summed E-state index contributed by atoms with van der Waals surface area (Å²) in [7, 11) is -3.87. The molecule has 0 heterocycles. The van der Waals surface area contributed by atoms with E-state index in [0.29, 0.717) is 11.1 Å². The Morgan fingerprint density at radius 2 is 0.860 bits per heavy atom. The Balaban J connectivity index is 1.92. The molecule has 0 aliphatic rings. The lowest BCUT2D eigenvalue weighted by molar-refractivity contribution is 0.441. The summed E-state index contributed by atoms with van der Waals surface area (Å²) in [5.41, 5.74) is 4.08. The van der Waals surface area contributed by atoms with Crippen molar-refractivity contribution in [2.45, 2.75) is 104 Å². The third-order valence-corrected chi connectivity index (χ3v) is 9.72. The van der Waals surface area contributed by atoms with Crippen molar-refractivity contribution in [3.8, 4) is 23.0 Å². The molecule has 0 fully saturated rings. The first kappa shape index (κ1) is 38.7. The fourth-order valence-electron chi connectivity index (χ4n) is 5.75. The van der Waals surface area contributed by atoms with Crippen LogP contribution in [-0.2, 0) is 10.8 Å². The molecule has 6 nitrogen and oxygen atoms in total. The Morgan fingerprint density at radius 1 is 0.540 bits per heavy atom. The van der Waals surface area contributed by atoms with Crippen molar-refractivity contribution in [1.82, 2.24) is 0 Å². The van der Waals surface area contributed by atoms with Gasteiger partial charge in [-0.15, -0.1) is 0 Å². The number of nitrogens with zero attached hydrogens (tertiary/aromatic N) is 2. The van der Waals surface area contributed by atoms with E-state index in [9.17, 15) is 10.2 Å². The maximum Gasteiger partial charge on any atom is 0.242 e. The van der Waals surface area contributed by atoms with Gasteiger partial charge in [-0.2, -0.15) is 0 Å². The molecule has 266 valence electrons. The highest BCUT2D eigenvalue weighted by Crippen LogP contribution is 2.41. The van der Waals surface area contributed by atoms with E-state index in [1.54, 1.807) is 12.4 Å². The van der Waals surface area contributed by atoms with Crippen LogP contribution < -0.4 is 8.85 Å². The topological polar surface area (TPSA) is 83.6 Å². The molecule has 0 aromatic heterocycles. The van der Waals surface area contributed by atoms with Gasteiger partial charge in [0, 0.05) is 34.7 Å². The number of hydrogen-bond donors (Lipinski definition) is 2. The number of benzene rings is 4. The first-order valence-electron chi connectivity index (χ1n) is 17.4. The third kappa shape index (κ3) is 10.4. The molecule has 4 aromatic rings. The molecule has 4 rings (SSSR count). The fraction of sp³-hybridized carbons (Fsp3) is 0.381. The summed E-state index contributed by atoms with van der Waals surface area (Å²) >= 11 is 0. The van der Waals surface area contributed by atoms with E-state index in [1.807, 2.05) is 60.7 Å². The average Bonchev–Trinajstić information content (AvgIpc) is 2.99. The van der Waals surface area contributed by atoms with E-state index in [1.165, 1.54) is 0 Å². The van der Waals surface area contributed by atoms with Crippen LogP contribution in [0.3, 0.4) is 0 Å². The molecule has 50 heavy (non-hydrogen) atoms. The Bertz CT molecular complexity index is 1680. The molecule has 0 aliphatic carbocycles. The second-order valence-electron chi connectivity index (χ2n) is 17.0. The van der Waals surface area contributed by atoms with E-state index in [-0.39, 0.29) is 22.3 Å². The third-order valence-electron chi connectivity index (χ3n) is 8.02. The molecule has 0 aliphatic heterocycles. The predicted octanol–water partition coefficient (Wildman–Crippen LogP) is 11.1. The maximum atomic E-state index is 11.6. The lowest BCUT2D eigenvalue weighted by atomic mass is 9.85. The van der Waals surface area contributed by atoms with Gasteiger partial charge in [0.25, 0.3) is 0 Å². The molecule has 0 amide bonds. The summed E-state index contributed by atoms with van der Waals surface area (Å²) < 4.78 is 12.8. The van der Waals surface area contributed by atoms with Gasteiger partial charge in [-0.05, 0) is 85.5 Å². The number of phenols is 2. The molecular weight excluding hydrogens is 653 g/mol. The summed E-state index contributed by atoms with van der Waals surface area (Å²) in [5.74, 6) is 1.84. The smallest absolute Gasteiger partial charge is 0.242 e. The molecular formula is C42H56N2O4Si2. The van der Waals surface area contributed by atoms with Crippen LogP contribution in [0.1, 0.15) is 87.0 Å². The van der Waals surface area contributed by atoms with E-state index >= 15 is 0 Å². The van der Waals surface area contributed by atoms with Crippen LogP contribution in [0, 0.1) is 0 Å². The predicted molar refractivity (Wildman–Crippen MR) is 215 cm³/mol. The number of phenolic OH excluding ortho intramolecular Hbond substituents is 2. The van der Waals surface area contributed by atoms with Crippen LogP contribution in [0.4, 0.5) is 0 Å². The zero-order chi connectivity index (χ0) is 37.1. The second-order valence-corrected chi connectivity index (χ2v) is 25.9. The molecule has 2 atom stereocenters. The van der Waals surface area contributed by atoms with Crippen LogP contribution in [0.5, 0.6) is 23.0 Å². The summed E-state index contributed by atoms with van der Waals surface area (Å²) in [6.45, 7) is 25.4. The molecule has 0 spiro atoms. The minimum atomic E-state index is -1.93. The lowest BCUT2D eigenvalue weighted by Gasteiger charge is -2.26. The SMILES string of the molecule is CC(C)(C)c1cc(O[Si](C)(C)C)cc(C=NC(c2ccccc2)C(N=Cc2cc(O[Si](C)(C)C)cc(C(C)(C)C)c2O)c2ccccc2)c1O. The van der Waals surface area contributed by atoms with Gasteiger partial charge in [-0.25, -0.2) is 0 Å². The highest BCUT2D eigenvalue weighted by Gasteiger charge is 2.28. The molecule has 8 heteroatoms. The fourth-order valence-corrected chi connectivity index (χ4v) is 7.40. The Labute approximate surface area is 302 Å².